The van der Waals surface area contributed by atoms with Crippen LogP contribution in [0.25, 0.3) is 5.52 Å². The second-order valence-corrected chi connectivity index (χ2v) is 12.8. The molecule has 3 rings (SSSR count). The normalized spacial score (nSPS) is 22.4. The van der Waals surface area contributed by atoms with E-state index in [1.54, 1.807) is 60.6 Å². The van der Waals surface area contributed by atoms with Crippen LogP contribution in [-0.4, -0.2) is 74.8 Å². The molecule has 1 aliphatic heterocycles. The van der Waals surface area contributed by atoms with E-state index in [0.717, 1.165) is 0 Å². The maximum atomic E-state index is 13.2. The van der Waals surface area contributed by atoms with Crippen LogP contribution in [0.3, 0.4) is 0 Å². The number of anilines is 1. The van der Waals surface area contributed by atoms with Gasteiger partial charge in [0.25, 0.3) is 0 Å². The summed E-state index contributed by atoms with van der Waals surface area (Å²) < 4.78 is 41.6. The quantitative estimate of drug-likeness (QED) is 0.239. The van der Waals surface area contributed by atoms with Gasteiger partial charge >= 0.3 is 18.5 Å². The fourth-order valence-corrected chi connectivity index (χ4v) is 4.27. The van der Waals surface area contributed by atoms with Gasteiger partial charge in [-0.05, 0) is 79.9 Å². The minimum absolute atomic E-state index is 0.203. The van der Waals surface area contributed by atoms with Crippen LogP contribution in [0.1, 0.15) is 94.2 Å². The van der Waals surface area contributed by atoms with Crippen LogP contribution >= 0.6 is 0 Å². The van der Waals surface area contributed by atoms with Crippen molar-refractivity contribution in [3.8, 4) is 0 Å². The molecule has 3 heterocycles. The third-order valence-electron chi connectivity index (χ3n) is 8.05. The lowest BCUT2D eigenvalue weighted by atomic mass is 9.93. The van der Waals surface area contributed by atoms with Crippen LogP contribution in [0.5, 0.6) is 0 Å². The molecule has 0 unspecified atom stereocenters. The van der Waals surface area contributed by atoms with Crippen molar-refractivity contribution in [1.82, 2.24) is 14.6 Å². The first-order chi connectivity index (χ1) is 20.4. The van der Waals surface area contributed by atoms with Gasteiger partial charge in [0.15, 0.2) is 18.0 Å². The van der Waals surface area contributed by atoms with E-state index in [9.17, 15) is 14.4 Å². The Labute approximate surface area is 257 Å². The summed E-state index contributed by atoms with van der Waals surface area (Å²) in [6.07, 6.45) is -3.97. The summed E-state index contributed by atoms with van der Waals surface area (Å²) >= 11 is 0. The number of nitrogen functional groups attached to an aromatic ring is 1. The lowest BCUT2D eigenvalue weighted by molar-refractivity contribution is -0.112. The number of hydrogen-bond acceptors (Lipinski definition) is 13. The minimum Gasteiger partial charge on any atom is -0.431 e. The molecule has 2 N–H and O–H groups in total. The molecule has 0 spiro atoms. The third-order valence-corrected chi connectivity index (χ3v) is 8.05. The zero-order valence-electron chi connectivity index (χ0n) is 27.3. The van der Waals surface area contributed by atoms with Crippen molar-refractivity contribution >= 4 is 29.8 Å². The van der Waals surface area contributed by atoms with E-state index in [0.29, 0.717) is 30.5 Å². The summed E-state index contributed by atoms with van der Waals surface area (Å²) in [6.45, 7) is 17.2. The molecule has 2 aromatic rings. The Hall–Kier alpha value is -3.81. The molecule has 44 heavy (non-hydrogen) atoms. The van der Waals surface area contributed by atoms with E-state index in [1.165, 1.54) is 10.8 Å². The minimum atomic E-state index is -1.53. The first-order valence-electron chi connectivity index (χ1n) is 14.8. The number of carbonyl (C=O) groups is 3. The van der Waals surface area contributed by atoms with E-state index in [4.69, 9.17) is 38.9 Å². The van der Waals surface area contributed by atoms with E-state index in [1.807, 2.05) is 20.8 Å². The molecule has 1 saturated heterocycles. The van der Waals surface area contributed by atoms with Crippen molar-refractivity contribution in [3.05, 3.63) is 24.2 Å². The van der Waals surface area contributed by atoms with Crippen molar-refractivity contribution in [3.63, 3.8) is 0 Å². The summed E-state index contributed by atoms with van der Waals surface area (Å²) in [5.41, 5.74) is 2.91. The highest BCUT2D eigenvalue weighted by Crippen LogP contribution is 2.44. The van der Waals surface area contributed by atoms with Crippen molar-refractivity contribution < 1.29 is 47.5 Å². The van der Waals surface area contributed by atoms with Gasteiger partial charge in [0, 0.05) is 0 Å². The van der Waals surface area contributed by atoms with Gasteiger partial charge in [-0.3, -0.25) is 0 Å². The Kier molecular flexibility index (Phi) is 10.3. The van der Waals surface area contributed by atoms with Gasteiger partial charge in [0.05, 0.1) is 5.69 Å². The summed E-state index contributed by atoms with van der Waals surface area (Å²) in [6, 6.07) is 3.35. The Balaban J connectivity index is 2.07. The molecular weight excluding hydrogens is 576 g/mol. The number of aromatic nitrogens is 3. The number of nitrogens with zero attached hydrogens (tertiary/aromatic N) is 3. The topological polar surface area (TPSA) is 172 Å². The molecule has 0 aromatic carbocycles. The zero-order valence-corrected chi connectivity index (χ0v) is 27.3. The van der Waals surface area contributed by atoms with Crippen molar-refractivity contribution in [2.24, 2.45) is 0 Å². The number of ether oxygens (including phenoxy) is 7. The van der Waals surface area contributed by atoms with E-state index < -0.39 is 65.8 Å². The van der Waals surface area contributed by atoms with Gasteiger partial charge in [-0.2, -0.15) is 5.10 Å². The Morgan fingerprint density at radius 3 is 1.95 bits per heavy atom. The second kappa shape index (κ2) is 13.0. The maximum Gasteiger partial charge on any atom is 0.509 e. The summed E-state index contributed by atoms with van der Waals surface area (Å²) in [5, 5.41) is 4.31. The average Bonchev–Trinajstić information content (AvgIpc) is 3.48. The smallest absolute Gasteiger partial charge is 0.431 e. The van der Waals surface area contributed by atoms with Gasteiger partial charge in [-0.1, -0.05) is 20.8 Å². The lowest BCUT2D eigenvalue weighted by Crippen LogP contribution is -2.47. The highest BCUT2D eigenvalue weighted by atomic mass is 16.8. The van der Waals surface area contributed by atoms with Crippen molar-refractivity contribution in [1.29, 1.82) is 0 Å². The molecule has 14 heteroatoms. The van der Waals surface area contributed by atoms with Gasteiger partial charge in [0.2, 0.25) is 0 Å². The zero-order chi connectivity index (χ0) is 33.1. The highest BCUT2D eigenvalue weighted by molar-refractivity contribution is 5.66. The number of carbonyl (C=O) groups excluding carboxylic acids is 3. The Morgan fingerprint density at radius 2 is 1.41 bits per heavy atom. The van der Waals surface area contributed by atoms with Crippen LogP contribution in [-0.2, 0) is 38.8 Å². The maximum absolute atomic E-state index is 13.2. The Morgan fingerprint density at radius 1 is 0.886 bits per heavy atom. The van der Waals surface area contributed by atoms with Gasteiger partial charge in [0.1, 0.15) is 47.0 Å². The fraction of sp³-hybridized carbons (Fsp3) is 0.700. The average molecular weight is 623 g/mol. The van der Waals surface area contributed by atoms with E-state index in [2.05, 4.69) is 10.1 Å². The summed E-state index contributed by atoms with van der Waals surface area (Å²) in [7, 11) is 0. The van der Waals surface area contributed by atoms with Gasteiger partial charge < -0.3 is 38.9 Å². The molecule has 246 valence electrons. The molecule has 0 aliphatic carbocycles. The van der Waals surface area contributed by atoms with E-state index >= 15 is 0 Å². The molecular formula is C30H46N4O10. The van der Waals surface area contributed by atoms with Crippen molar-refractivity contribution in [2.75, 3.05) is 12.3 Å². The largest absolute Gasteiger partial charge is 0.509 e. The predicted octanol–water partition coefficient (Wildman–Crippen LogP) is 5.69. The molecule has 1 aliphatic rings. The molecule has 14 nitrogen and oxygen atoms in total. The second-order valence-electron chi connectivity index (χ2n) is 12.8. The molecule has 0 bridgehead atoms. The fourth-order valence-electron chi connectivity index (χ4n) is 4.27. The van der Waals surface area contributed by atoms with Crippen LogP contribution in [0.2, 0.25) is 0 Å². The molecule has 0 saturated carbocycles. The lowest BCUT2D eigenvalue weighted by Gasteiger charge is -2.32. The molecule has 2 aromatic heterocycles. The standard InChI is InChI=1S/C30H46N4O10/c1-11-27(4,5)42-24(35)38-16-19-21(39-25(36)43-28(6,7)12-2)22(40-26(37)44-29(8,9)13-3)30(10,41-19)20-15-14-18-23(31)32-17-33-34(18)20/h14-15,17,19,21-22H,11-13,16H2,1-10H3,(H2,31,32,33)/t19-,21-,22-,30+/m1/s1. The first-order valence-corrected chi connectivity index (χ1v) is 14.8. The van der Waals surface area contributed by atoms with Crippen molar-refractivity contribution in [2.45, 2.75) is 129 Å². The van der Waals surface area contributed by atoms with Crippen LogP contribution in [0.4, 0.5) is 20.2 Å². The number of rotatable bonds is 11. The number of fused-ring (bicyclic) bond motifs is 1. The monoisotopic (exact) mass is 622 g/mol. The van der Waals surface area contributed by atoms with E-state index in [-0.39, 0.29) is 5.82 Å². The summed E-state index contributed by atoms with van der Waals surface area (Å²) in [5.74, 6) is 0.203. The molecule has 0 amide bonds. The molecule has 1 fully saturated rings. The molecule has 4 atom stereocenters. The third kappa shape index (κ3) is 8.01. The summed E-state index contributed by atoms with van der Waals surface area (Å²) in [4.78, 5) is 42.9. The predicted molar refractivity (Wildman–Crippen MR) is 158 cm³/mol. The van der Waals surface area contributed by atoms with Crippen LogP contribution in [0.15, 0.2) is 18.5 Å². The number of hydrogen-bond donors (Lipinski definition) is 1. The van der Waals surface area contributed by atoms with Gasteiger partial charge in [-0.15, -0.1) is 0 Å². The van der Waals surface area contributed by atoms with Crippen LogP contribution < -0.4 is 5.73 Å². The SMILES string of the molecule is CCC(C)(C)OC(=O)OC[C@H]1O[C@@](C)(c2ccc3c(N)ncnn23)[C@H](OC(=O)OC(C)(C)CC)[C@@H]1OC(=O)OC(C)(C)CC. The van der Waals surface area contributed by atoms with Gasteiger partial charge in [-0.25, -0.2) is 23.9 Å². The van der Waals surface area contributed by atoms with Crippen LogP contribution in [0, 0.1) is 0 Å². The Bertz CT molecular complexity index is 1340. The highest BCUT2D eigenvalue weighted by Gasteiger charge is 2.60. The number of nitrogens with two attached hydrogens (primary N) is 1. The first kappa shape index (κ1) is 34.7. The molecule has 0 radical (unpaired) electrons.